The minimum Gasteiger partial charge on any atom is -0.350 e. The summed E-state index contributed by atoms with van der Waals surface area (Å²) in [5.74, 6) is 2.18. The third-order valence-corrected chi connectivity index (χ3v) is 7.35. The Hall–Kier alpha value is -1.55. The van der Waals surface area contributed by atoms with Gasteiger partial charge < -0.3 is 10.6 Å². The highest BCUT2D eigenvalue weighted by atomic mass is 35.5. The molecule has 4 fully saturated rings. The molecular weight excluding hydrogens is 372 g/mol. The molecule has 1 aromatic rings. The lowest BCUT2D eigenvalue weighted by Crippen LogP contribution is -2.58. The quantitative estimate of drug-likeness (QED) is 0.744. The Kier molecular flexibility index (Phi) is 5.43. The van der Waals surface area contributed by atoms with E-state index in [1.807, 2.05) is 38.1 Å². The molecule has 4 aliphatic carbocycles. The van der Waals surface area contributed by atoms with E-state index < -0.39 is 6.04 Å². The van der Waals surface area contributed by atoms with Crippen LogP contribution < -0.4 is 10.6 Å². The number of rotatable bonds is 6. The van der Waals surface area contributed by atoms with Gasteiger partial charge in [-0.05, 0) is 79.9 Å². The third kappa shape index (κ3) is 3.94. The average Bonchev–Trinajstić information content (AvgIpc) is 2.62. The first-order valence-electron chi connectivity index (χ1n) is 10.7. The highest BCUT2D eigenvalue weighted by Gasteiger charge is 2.55. The first-order chi connectivity index (χ1) is 13.3. The molecule has 4 aliphatic rings. The largest absolute Gasteiger partial charge is 0.350 e. The fraction of sp³-hybridized carbons (Fsp3) is 0.652. The van der Waals surface area contributed by atoms with Crippen LogP contribution in [0, 0.1) is 29.1 Å². The molecule has 1 aromatic carbocycles. The second kappa shape index (κ2) is 7.70. The van der Waals surface area contributed by atoms with Gasteiger partial charge in [0.1, 0.15) is 6.04 Å². The van der Waals surface area contributed by atoms with Crippen LogP contribution in [0.3, 0.4) is 0 Å². The maximum atomic E-state index is 13.3. The molecule has 4 saturated carbocycles. The molecule has 4 bridgehead atoms. The van der Waals surface area contributed by atoms with Gasteiger partial charge in [0.05, 0.1) is 0 Å². The van der Waals surface area contributed by atoms with Crippen molar-refractivity contribution in [2.24, 2.45) is 29.1 Å². The van der Waals surface area contributed by atoms with Crippen LogP contribution in [-0.4, -0.2) is 17.9 Å². The van der Waals surface area contributed by atoms with Crippen molar-refractivity contribution in [1.29, 1.82) is 0 Å². The fourth-order valence-electron chi connectivity index (χ4n) is 6.16. The molecule has 28 heavy (non-hydrogen) atoms. The fourth-order valence-corrected chi connectivity index (χ4v) is 6.38. The van der Waals surface area contributed by atoms with Crippen LogP contribution in [0.5, 0.6) is 0 Å². The van der Waals surface area contributed by atoms with Crippen LogP contribution in [0.25, 0.3) is 0 Å². The van der Waals surface area contributed by atoms with E-state index in [0.717, 1.165) is 24.8 Å². The van der Waals surface area contributed by atoms with E-state index in [2.05, 4.69) is 10.6 Å². The van der Waals surface area contributed by atoms with Gasteiger partial charge in [-0.3, -0.25) is 9.59 Å². The molecule has 2 N–H and O–H groups in total. The summed E-state index contributed by atoms with van der Waals surface area (Å²) in [5.41, 5.74) is 0.727. The van der Waals surface area contributed by atoms with Crippen LogP contribution in [0.15, 0.2) is 24.3 Å². The number of hydrogen-bond acceptors (Lipinski definition) is 2. The Morgan fingerprint density at radius 2 is 1.71 bits per heavy atom. The molecule has 0 aromatic heterocycles. The van der Waals surface area contributed by atoms with Crippen molar-refractivity contribution in [2.45, 2.75) is 65.0 Å². The molecule has 4 nitrogen and oxygen atoms in total. The summed E-state index contributed by atoms with van der Waals surface area (Å²) in [6.45, 7) is 4.39. The molecular formula is C23H31ClN2O2. The van der Waals surface area contributed by atoms with Gasteiger partial charge in [-0.1, -0.05) is 37.6 Å². The van der Waals surface area contributed by atoms with Crippen molar-refractivity contribution in [2.75, 3.05) is 0 Å². The van der Waals surface area contributed by atoms with Gasteiger partial charge in [0.25, 0.3) is 0 Å². The van der Waals surface area contributed by atoms with Gasteiger partial charge in [-0.25, -0.2) is 0 Å². The number of carbonyl (C=O) groups is 2. The Morgan fingerprint density at radius 1 is 1.11 bits per heavy atom. The van der Waals surface area contributed by atoms with Crippen molar-refractivity contribution >= 4 is 23.4 Å². The molecule has 5 rings (SSSR count). The van der Waals surface area contributed by atoms with Gasteiger partial charge in [0.2, 0.25) is 11.8 Å². The number of carbonyl (C=O) groups excluding carboxylic acids is 2. The summed E-state index contributed by atoms with van der Waals surface area (Å²) in [4.78, 5) is 26.2. The predicted octanol–water partition coefficient (Wildman–Crippen LogP) is 4.31. The molecule has 1 atom stereocenters. The van der Waals surface area contributed by atoms with E-state index in [-0.39, 0.29) is 23.1 Å². The van der Waals surface area contributed by atoms with Crippen LogP contribution in [0.1, 0.15) is 57.9 Å². The van der Waals surface area contributed by atoms with Crippen molar-refractivity contribution in [3.8, 4) is 0 Å². The molecule has 2 amide bonds. The van der Waals surface area contributed by atoms with Crippen molar-refractivity contribution in [3.05, 3.63) is 34.9 Å². The first-order valence-corrected chi connectivity index (χ1v) is 11.1. The van der Waals surface area contributed by atoms with Gasteiger partial charge in [-0.15, -0.1) is 0 Å². The van der Waals surface area contributed by atoms with Crippen LogP contribution in [-0.2, 0) is 16.1 Å². The van der Waals surface area contributed by atoms with Crippen LogP contribution in [0.4, 0.5) is 0 Å². The Balaban J connectivity index is 1.40. The van der Waals surface area contributed by atoms with E-state index in [0.29, 0.717) is 29.3 Å². The minimum atomic E-state index is -0.500. The Bertz CT molecular complexity index is 725. The summed E-state index contributed by atoms with van der Waals surface area (Å²) in [6, 6.07) is 6.97. The summed E-state index contributed by atoms with van der Waals surface area (Å²) in [6.07, 6.45) is 6.96. The minimum absolute atomic E-state index is 0.0391. The average molecular weight is 403 g/mol. The van der Waals surface area contributed by atoms with Crippen molar-refractivity contribution in [3.63, 3.8) is 0 Å². The second-order valence-corrected chi connectivity index (χ2v) is 10.2. The van der Waals surface area contributed by atoms with E-state index in [4.69, 9.17) is 11.6 Å². The van der Waals surface area contributed by atoms with Gasteiger partial charge in [0.15, 0.2) is 0 Å². The Morgan fingerprint density at radius 3 is 2.25 bits per heavy atom. The number of hydrogen-bond donors (Lipinski definition) is 2. The molecule has 152 valence electrons. The van der Waals surface area contributed by atoms with Crippen molar-refractivity contribution in [1.82, 2.24) is 10.6 Å². The summed E-state index contributed by atoms with van der Waals surface area (Å²) in [5, 5.41) is 6.77. The standard InChI is InChI=1S/C23H31ClN2O2/c1-14(2)20(21(27)25-13-15-4-3-5-19(24)9-15)26-22(28)23-10-16-6-17(11-23)8-18(7-16)12-23/h3-5,9,14,16-18,20H,6-8,10-13H2,1-2H3,(H,25,27)(H,26,28)/t16?,17?,18?,20-,23?/m0/s1. The lowest BCUT2D eigenvalue weighted by Gasteiger charge is -2.55. The topological polar surface area (TPSA) is 58.2 Å². The molecule has 5 heteroatoms. The predicted molar refractivity (Wildman–Crippen MR) is 111 cm³/mol. The van der Waals surface area contributed by atoms with Crippen LogP contribution in [0.2, 0.25) is 5.02 Å². The molecule has 0 unspecified atom stereocenters. The molecule has 0 spiro atoms. The zero-order valence-electron chi connectivity index (χ0n) is 16.8. The lowest BCUT2D eigenvalue weighted by atomic mass is 9.49. The zero-order valence-corrected chi connectivity index (χ0v) is 17.6. The smallest absolute Gasteiger partial charge is 0.243 e. The monoisotopic (exact) mass is 402 g/mol. The first kappa shape index (κ1) is 19.8. The highest BCUT2D eigenvalue weighted by Crippen LogP contribution is 2.60. The molecule has 0 aliphatic heterocycles. The maximum Gasteiger partial charge on any atom is 0.243 e. The zero-order chi connectivity index (χ0) is 19.9. The SMILES string of the molecule is CC(C)[C@H](NC(=O)C12CC3CC(CC(C3)C1)C2)C(=O)NCc1cccc(Cl)c1. The van der Waals surface area contributed by atoms with Crippen LogP contribution >= 0.6 is 11.6 Å². The number of amides is 2. The molecule has 0 heterocycles. The number of benzene rings is 1. The summed E-state index contributed by atoms with van der Waals surface area (Å²) >= 11 is 6.02. The Labute approximate surface area is 172 Å². The van der Waals surface area contributed by atoms with E-state index >= 15 is 0 Å². The normalized spacial score (nSPS) is 31.6. The van der Waals surface area contributed by atoms with E-state index in [1.165, 1.54) is 19.3 Å². The van der Waals surface area contributed by atoms with E-state index in [1.54, 1.807) is 0 Å². The number of nitrogens with one attached hydrogen (secondary N) is 2. The lowest BCUT2D eigenvalue weighted by molar-refractivity contribution is -0.149. The highest BCUT2D eigenvalue weighted by molar-refractivity contribution is 6.30. The van der Waals surface area contributed by atoms with Gasteiger partial charge in [0, 0.05) is 17.0 Å². The van der Waals surface area contributed by atoms with Crippen molar-refractivity contribution < 1.29 is 9.59 Å². The summed E-state index contributed by atoms with van der Waals surface area (Å²) in [7, 11) is 0. The molecule has 0 saturated heterocycles. The van der Waals surface area contributed by atoms with Gasteiger partial charge in [-0.2, -0.15) is 0 Å². The third-order valence-electron chi connectivity index (χ3n) is 7.11. The number of halogens is 1. The maximum absolute atomic E-state index is 13.3. The second-order valence-electron chi connectivity index (χ2n) is 9.74. The van der Waals surface area contributed by atoms with Gasteiger partial charge >= 0.3 is 0 Å². The molecule has 0 radical (unpaired) electrons. The van der Waals surface area contributed by atoms with E-state index in [9.17, 15) is 9.59 Å². The summed E-state index contributed by atoms with van der Waals surface area (Å²) < 4.78 is 0.